The average molecular weight is 1200 g/mol. The lowest BCUT2D eigenvalue weighted by Gasteiger charge is -2.16. The van der Waals surface area contributed by atoms with E-state index in [1.165, 1.54) is 181 Å². The van der Waals surface area contributed by atoms with E-state index in [0.29, 0.717) is 0 Å². The van der Waals surface area contributed by atoms with Crippen LogP contribution in [0.5, 0.6) is 0 Å². The summed E-state index contributed by atoms with van der Waals surface area (Å²) >= 11 is 0. The van der Waals surface area contributed by atoms with E-state index in [1.807, 2.05) is 0 Å². The highest BCUT2D eigenvalue weighted by atomic mass is 15.0. The van der Waals surface area contributed by atoms with Crippen LogP contribution < -0.4 is 0 Å². The van der Waals surface area contributed by atoms with Crippen molar-refractivity contribution in [3.05, 3.63) is 340 Å². The van der Waals surface area contributed by atoms with E-state index in [-0.39, 0.29) is 0 Å². The number of aromatic amines is 2. The van der Waals surface area contributed by atoms with Gasteiger partial charge in [0.2, 0.25) is 0 Å². The van der Waals surface area contributed by atoms with Crippen molar-refractivity contribution in [2.45, 2.75) is 0 Å². The number of benzene rings is 16. The highest BCUT2D eigenvalue weighted by Crippen LogP contribution is 2.46. The Hall–Kier alpha value is -12.5. The summed E-state index contributed by atoms with van der Waals surface area (Å²) in [7, 11) is 0. The van der Waals surface area contributed by atoms with Gasteiger partial charge in [-0.1, -0.05) is 261 Å². The molecule has 0 fully saturated rings. The van der Waals surface area contributed by atoms with Gasteiger partial charge in [0.05, 0.1) is 22.1 Å². The standard InChI is InChI=1S/C46H30N2.C44H28N2/c1-2-13-35(14-3-1)48-45-20-9-7-17-39(45)42-29-41(36-15-4-5-18-40(36)46(42)48)34-12-10-11-32(27-34)30-21-23-31(24-22-30)33-25-26-38-37-16-6-8-19-43(37)47-44(38)28-33;1-2-12-29(13-3-1)46-43-21-11-9-18-37(43)40-27-39(33-16-6-7-19-38(33)44(40)46)34-25-24-30(31-14-4-5-15-32(31)34)28-22-23-36-35-17-8-10-20-41(35)45-42(36)26-28/h1-29,47H;1-27,45H. The largest absolute Gasteiger partial charge is 0.354 e. The molecule has 94 heavy (non-hydrogen) atoms. The maximum Gasteiger partial charge on any atom is 0.0619 e. The summed E-state index contributed by atoms with van der Waals surface area (Å²) in [6, 6.07) is 124. The predicted molar refractivity (Wildman–Crippen MR) is 400 cm³/mol. The normalized spacial score (nSPS) is 11.8. The summed E-state index contributed by atoms with van der Waals surface area (Å²) in [6.45, 7) is 0. The molecule has 0 saturated carbocycles. The molecule has 0 bridgehead atoms. The second-order valence-electron chi connectivity index (χ2n) is 24.8. The number of nitrogens with zero attached hydrogens (tertiary/aromatic N) is 2. The quantitative estimate of drug-likeness (QED) is 0.160. The Morgan fingerprint density at radius 3 is 1.06 bits per heavy atom. The minimum atomic E-state index is 1.16. The third-order valence-electron chi connectivity index (χ3n) is 19.6. The van der Waals surface area contributed by atoms with Crippen molar-refractivity contribution >= 4 is 120 Å². The molecule has 0 spiro atoms. The van der Waals surface area contributed by atoms with Crippen LogP contribution in [0, 0.1) is 0 Å². The smallest absolute Gasteiger partial charge is 0.0619 e. The van der Waals surface area contributed by atoms with Gasteiger partial charge in [-0.05, 0) is 156 Å². The van der Waals surface area contributed by atoms with Gasteiger partial charge in [0.25, 0.3) is 0 Å². The Morgan fingerprint density at radius 2 is 0.521 bits per heavy atom. The van der Waals surface area contributed by atoms with Gasteiger partial charge in [-0.15, -0.1) is 0 Å². The van der Waals surface area contributed by atoms with Crippen LogP contribution in [0.4, 0.5) is 0 Å². The number of aromatic nitrogens is 4. The second-order valence-corrected chi connectivity index (χ2v) is 24.8. The van der Waals surface area contributed by atoms with Gasteiger partial charge in [0.1, 0.15) is 0 Å². The third kappa shape index (κ3) is 8.54. The van der Waals surface area contributed by atoms with Gasteiger partial charge in [0, 0.05) is 87.3 Å². The van der Waals surface area contributed by atoms with E-state index in [4.69, 9.17) is 0 Å². The van der Waals surface area contributed by atoms with E-state index < -0.39 is 0 Å². The second kappa shape index (κ2) is 21.6. The summed E-state index contributed by atoms with van der Waals surface area (Å²) in [4.78, 5) is 7.23. The van der Waals surface area contributed by atoms with Gasteiger partial charge in [-0.3, -0.25) is 0 Å². The molecule has 438 valence electrons. The van der Waals surface area contributed by atoms with Crippen LogP contribution in [0.25, 0.3) is 187 Å². The molecule has 20 rings (SSSR count). The Balaban J connectivity index is 0.000000134. The van der Waals surface area contributed by atoms with Gasteiger partial charge >= 0.3 is 0 Å². The van der Waals surface area contributed by atoms with Gasteiger partial charge < -0.3 is 19.1 Å². The molecule has 4 nitrogen and oxygen atoms in total. The predicted octanol–water partition coefficient (Wildman–Crippen LogP) is 24.6. The zero-order chi connectivity index (χ0) is 61.8. The van der Waals surface area contributed by atoms with Crippen LogP contribution in [0.15, 0.2) is 340 Å². The van der Waals surface area contributed by atoms with E-state index in [9.17, 15) is 0 Å². The molecule has 0 unspecified atom stereocenters. The maximum absolute atomic E-state index is 3.64. The zero-order valence-corrected chi connectivity index (χ0v) is 51.2. The first-order chi connectivity index (χ1) is 46.6. The number of H-pyrrole nitrogens is 2. The molecule has 16 aromatic carbocycles. The van der Waals surface area contributed by atoms with E-state index in [0.717, 1.165) is 5.52 Å². The first kappa shape index (κ1) is 53.3. The minimum absolute atomic E-state index is 1.16. The van der Waals surface area contributed by atoms with Crippen molar-refractivity contribution in [3.63, 3.8) is 0 Å². The molecule has 2 N–H and O–H groups in total. The average Bonchev–Trinajstić information content (AvgIpc) is 1.52. The first-order valence-electron chi connectivity index (χ1n) is 32.4. The van der Waals surface area contributed by atoms with E-state index in [2.05, 4.69) is 359 Å². The molecule has 4 aromatic heterocycles. The lowest BCUT2D eigenvalue weighted by Crippen LogP contribution is -1.94. The number of para-hydroxylation sites is 6. The number of fused-ring (bicyclic) bond motifs is 17. The molecular weight excluding hydrogens is 1140 g/mol. The van der Waals surface area contributed by atoms with Crippen molar-refractivity contribution in [1.82, 2.24) is 19.1 Å². The Kier molecular flexibility index (Phi) is 12.3. The van der Waals surface area contributed by atoms with E-state index in [1.54, 1.807) is 0 Å². The fourth-order valence-electron chi connectivity index (χ4n) is 15.4. The SMILES string of the molecule is c1ccc(-n2c3ccccc3c3cc(-c4ccc(-c5ccc6c(c5)[nH]c5ccccc56)c5ccccc45)c4ccccc4c32)cc1.c1ccc(-n2c3ccccc3c3cc(-c4cccc(-c5ccc(-c6ccc7c(c6)[nH]c6ccccc67)cc5)c4)c4ccccc4c32)cc1. The van der Waals surface area contributed by atoms with Crippen LogP contribution >= 0.6 is 0 Å². The molecule has 0 radical (unpaired) electrons. The van der Waals surface area contributed by atoms with Crippen molar-refractivity contribution in [2.24, 2.45) is 0 Å². The molecule has 20 aromatic rings. The van der Waals surface area contributed by atoms with E-state index >= 15 is 0 Å². The van der Waals surface area contributed by atoms with Gasteiger partial charge in [0.15, 0.2) is 0 Å². The number of hydrogen-bond donors (Lipinski definition) is 2. The molecule has 4 heteroatoms. The van der Waals surface area contributed by atoms with Gasteiger partial charge in [-0.2, -0.15) is 0 Å². The van der Waals surface area contributed by atoms with Crippen molar-refractivity contribution in [3.8, 4) is 67.0 Å². The first-order valence-corrected chi connectivity index (χ1v) is 32.4. The fraction of sp³-hybridized carbons (Fsp3) is 0. The maximum atomic E-state index is 3.64. The summed E-state index contributed by atoms with van der Waals surface area (Å²) in [5.74, 6) is 0. The molecule has 4 heterocycles. The molecular formula is C90H58N4. The summed E-state index contributed by atoms with van der Waals surface area (Å²) in [5.41, 5.74) is 24.2. The zero-order valence-electron chi connectivity index (χ0n) is 51.2. The van der Waals surface area contributed by atoms with Crippen LogP contribution in [-0.2, 0) is 0 Å². The lowest BCUT2D eigenvalue weighted by molar-refractivity contribution is 1.19. The molecule has 0 saturated heterocycles. The summed E-state index contributed by atoms with van der Waals surface area (Å²) < 4.78 is 4.85. The highest BCUT2D eigenvalue weighted by Gasteiger charge is 2.22. The minimum Gasteiger partial charge on any atom is -0.354 e. The van der Waals surface area contributed by atoms with Crippen LogP contribution in [0.3, 0.4) is 0 Å². The third-order valence-corrected chi connectivity index (χ3v) is 19.6. The monoisotopic (exact) mass is 1190 g/mol. The lowest BCUT2D eigenvalue weighted by atomic mass is 9.89. The Labute approximate surface area is 542 Å². The number of nitrogens with one attached hydrogen (secondary N) is 2. The van der Waals surface area contributed by atoms with Crippen LogP contribution in [0.1, 0.15) is 0 Å². The molecule has 0 aliphatic heterocycles. The number of hydrogen-bond acceptors (Lipinski definition) is 0. The fourth-order valence-corrected chi connectivity index (χ4v) is 15.4. The molecule has 0 amide bonds. The Morgan fingerprint density at radius 1 is 0.170 bits per heavy atom. The topological polar surface area (TPSA) is 41.4 Å². The van der Waals surface area contributed by atoms with Crippen molar-refractivity contribution in [2.75, 3.05) is 0 Å². The summed E-state index contributed by atoms with van der Waals surface area (Å²) in [6.07, 6.45) is 0. The molecule has 0 aliphatic carbocycles. The molecule has 0 aliphatic rings. The van der Waals surface area contributed by atoms with Crippen LogP contribution in [0.2, 0.25) is 0 Å². The van der Waals surface area contributed by atoms with Crippen LogP contribution in [-0.4, -0.2) is 19.1 Å². The highest BCUT2D eigenvalue weighted by molar-refractivity contribution is 6.25. The van der Waals surface area contributed by atoms with Gasteiger partial charge in [-0.25, -0.2) is 0 Å². The summed E-state index contributed by atoms with van der Waals surface area (Å²) in [5, 5.41) is 17.7. The number of rotatable bonds is 7. The van der Waals surface area contributed by atoms with Crippen molar-refractivity contribution < 1.29 is 0 Å². The van der Waals surface area contributed by atoms with Crippen molar-refractivity contribution in [1.29, 1.82) is 0 Å². The Bertz CT molecular complexity index is 6400. The molecule has 0 atom stereocenters.